The van der Waals surface area contributed by atoms with E-state index in [-0.39, 0.29) is 18.6 Å². The van der Waals surface area contributed by atoms with Crippen molar-refractivity contribution in [3.05, 3.63) is 35.4 Å². The lowest BCUT2D eigenvalue weighted by atomic mass is 10.0. The minimum Gasteiger partial charge on any atom is -0.481 e. The molecule has 0 saturated carbocycles. The summed E-state index contributed by atoms with van der Waals surface area (Å²) in [4.78, 5) is 15.7. The quantitative estimate of drug-likeness (QED) is 0.822. The van der Waals surface area contributed by atoms with Crippen LogP contribution in [0.5, 0.6) is 0 Å². The highest BCUT2D eigenvalue weighted by Gasteiger charge is 2.28. The Bertz CT molecular complexity index is 450. The first-order valence-corrected chi connectivity index (χ1v) is 5.32. The second-order valence-corrected chi connectivity index (χ2v) is 3.98. The smallest absolute Gasteiger partial charge is 0.306 e. The van der Waals surface area contributed by atoms with Crippen LogP contribution in [-0.4, -0.2) is 17.2 Å². The number of aliphatic carboxylic acids is 1. The standard InChI is InChI=1S/C12H12N2O3/c13-7-8-1-3-9(4-2-8)11-5-10(17-14-11)6-12(15)16/h1-4,10-11,14H,5-6H2,(H,15,16). The van der Waals surface area contributed by atoms with Gasteiger partial charge in [0.2, 0.25) is 0 Å². The predicted octanol–water partition coefficient (Wildman–Crippen LogP) is 1.37. The third-order valence-corrected chi connectivity index (χ3v) is 2.72. The van der Waals surface area contributed by atoms with E-state index in [4.69, 9.17) is 15.2 Å². The van der Waals surface area contributed by atoms with Gasteiger partial charge in [0.05, 0.1) is 30.2 Å². The van der Waals surface area contributed by atoms with Crippen LogP contribution < -0.4 is 5.48 Å². The second kappa shape index (κ2) is 4.95. The van der Waals surface area contributed by atoms with Crippen LogP contribution in [0.4, 0.5) is 0 Å². The second-order valence-electron chi connectivity index (χ2n) is 3.98. The van der Waals surface area contributed by atoms with Gasteiger partial charge in [-0.05, 0) is 24.1 Å². The zero-order valence-electron chi connectivity index (χ0n) is 9.09. The molecule has 2 unspecified atom stereocenters. The lowest BCUT2D eigenvalue weighted by Crippen LogP contribution is -2.14. The summed E-state index contributed by atoms with van der Waals surface area (Å²) < 4.78 is 0. The van der Waals surface area contributed by atoms with Crippen molar-refractivity contribution in [1.82, 2.24) is 5.48 Å². The topological polar surface area (TPSA) is 82.4 Å². The molecule has 0 aromatic heterocycles. The van der Waals surface area contributed by atoms with E-state index in [1.165, 1.54) is 0 Å². The number of nitriles is 1. The first kappa shape index (κ1) is 11.6. The van der Waals surface area contributed by atoms with Gasteiger partial charge in [0.15, 0.2) is 0 Å². The van der Waals surface area contributed by atoms with Gasteiger partial charge in [0, 0.05) is 0 Å². The summed E-state index contributed by atoms with van der Waals surface area (Å²) >= 11 is 0. The van der Waals surface area contributed by atoms with E-state index in [0.29, 0.717) is 12.0 Å². The van der Waals surface area contributed by atoms with Gasteiger partial charge in [-0.3, -0.25) is 9.63 Å². The molecule has 1 aromatic rings. The normalized spacial score (nSPS) is 23.2. The molecular weight excluding hydrogens is 220 g/mol. The van der Waals surface area contributed by atoms with Gasteiger partial charge < -0.3 is 5.11 Å². The highest BCUT2D eigenvalue weighted by Crippen LogP contribution is 2.26. The van der Waals surface area contributed by atoms with Crippen molar-refractivity contribution in [2.45, 2.75) is 25.0 Å². The van der Waals surface area contributed by atoms with Gasteiger partial charge in [-0.25, -0.2) is 0 Å². The molecule has 1 fully saturated rings. The molecular formula is C12H12N2O3. The number of rotatable bonds is 3. The Morgan fingerprint density at radius 3 is 2.82 bits per heavy atom. The maximum Gasteiger partial charge on any atom is 0.306 e. The first-order valence-electron chi connectivity index (χ1n) is 5.32. The molecule has 1 heterocycles. The highest BCUT2D eigenvalue weighted by atomic mass is 16.7. The predicted molar refractivity (Wildman–Crippen MR) is 58.8 cm³/mol. The Kier molecular flexibility index (Phi) is 3.38. The number of hydrogen-bond acceptors (Lipinski definition) is 4. The maximum absolute atomic E-state index is 10.5. The van der Waals surface area contributed by atoms with Crippen LogP contribution in [0.15, 0.2) is 24.3 Å². The summed E-state index contributed by atoms with van der Waals surface area (Å²) in [5, 5.41) is 17.3. The van der Waals surface area contributed by atoms with Crippen LogP contribution in [0, 0.1) is 11.3 Å². The summed E-state index contributed by atoms with van der Waals surface area (Å²) in [5.74, 6) is -0.864. The van der Waals surface area contributed by atoms with Crippen molar-refractivity contribution >= 4 is 5.97 Å². The van der Waals surface area contributed by atoms with Crippen LogP contribution in [-0.2, 0) is 9.63 Å². The van der Waals surface area contributed by atoms with Crippen molar-refractivity contribution < 1.29 is 14.7 Å². The van der Waals surface area contributed by atoms with E-state index >= 15 is 0 Å². The number of benzene rings is 1. The highest BCUT2D eigenvalue weighted by molar-refractivity contribution is 5.67. The molecule has 2 rings (SSSR count). The number of carboxylic acids is 1. The Labute approximate surface area is 98.6 Å². The van der Waals surface area contributed by atoms with Gasteiger partial charge in [-0.2, -0.15) is 10.7 Å². The van der Waals surface area contributed by atoms with Gasteiger partial charge in [-0.15, -0.1) is 0 Å². The van der Waals surface area contributed by atoms with E-state index in [0.717, 1.165) is 5.56 Å². The van der Waals surface area contributed by atoms with Crippen LogP contribution in [0.25, 0.3) is 0 Å². The monoisotopic (exact) mass is 232 g/mol. The third kappa shape index (κ3) is 2.81. The van der Waals surface area contributed by atoms with E-state index in [2.05, 4.69) is 11.5 Å². The molecule has 2 N–H and O–H groups in total. The number of nitrogens with zero attached hydrogens (tertiary/aromatic N) is 1. The number of carboxylic acid groups (broad SMARTS) is 1. The molecule has 5 heteroatoms. The maximum atomic E-state index is 10.5. The summed E-state index contributed by atoms with van der Waals surface area (Å²) in [7, 11) is 0. The molecule has 1 aliphatic heterocycles. The van der Waals surface area contributed by atoms with Gasteiger partial charge in [-0.1, -0.05) is 12.1 Å². The number of hydrogen-bond donors (Lipinski definition) is 2. The Morgan fingerprint density at radius 1 is 1.53 bits per heavy atom. The van der Waals surface area contributed by atoms with Gasteiger partial charge in [0.1, 0.15) is 0 Å². The average Bonchev–Trinajstić information content (AvgIpc) is 2.77. The fraction of sp³-hybridized carbons (Fsp3) is 0.333. The molecule has 1 aliphatic rings. The Hall–Kier alpha value is -1.90. The molecule has 1 saturated heterocycles. The molecule has 0 bridgehead atoms. The summed E-state index contributed by atoms with van der Waals surface area (Å²) in [5.41, 5.74) is 4.42. The molecule has 88 valence electrons. The Balaban J connectivity index is 2.00. The average molecular weight is 232 g/mol. The van der Waals surface area contributed by atoms with Gasteiger partial charge >= 0.3 is 5.97 Å². The Morgan fingerprint density at radius 2 is 2.24 bits per heavy atom. The van der Waals surface area contributed by atoms with Crippen molar-refractivity contribution in [3.63, 3.8) is 0 Å². The molecule has 5 nitrogen and oxygen atoms in total. The SMILES string of the molecule is N#Cc1ccc(C2CC(CC(=O)O)ON2)cc1. The summed E-state index contributed by atoms with van der Waals surface area (Å²) in [6.07, 6.45) is 0.325. The zero-order chi connectivity index (χ0) is 12.3. The summed E-state index contributed by atoms with van der Waals surface area (Å²) in [6.45, 7) is 0. The number of nitrogens with one attached hydrogen (secondary N) is 1. The molecule has 2 atom stereocenters. The molecule has 0 spiro atoms. The van der Waals surface area contributed by atoms with Gasteiger partial charge in [0.25, 0.3) is 0 Å². The van der Waals surface area contributed by atoms with Crippen LogP contribution in [0.2, 0.25) is 0 Å². The number of carbonyl (C=O) groups is 1. The van der Waals surface area contributed by atoms with Crippen molar-refractivity contribution in [1.29, 1.82) is 5.26 Å². The van der Waals surface area contributed by atoms with Crippen molar-refractivity contribution in [3.8, 4) is 6.07 Å². The lowest BCUT2D eigenvalue weighted by Gasteiger charge is -2.07. The van der Waals surface area contributed by atoms with Crippen LogP contribution in [0.1, 0.15) is 30.0 Å². The van der Waals surface area contributed by atoms with E-state index in [1.807, 2.05) is 12.1 Å². The van der Waals surface area contributed by atoms with Crippen LogP contribution >= 0.6 is 0 Å². The van der Waals surface area contributed by atoms with Crippen molar-refractivity contribution in [2.24, 2.45) is 0 Å². The van der Waals surface area contributed by atoms with E-state index in [9.17, 15) is 4.79 Å². The molecule has 0 amide bonds. The lowest BCUT2D eigenvalue weighted by molar-refractivity contribution is -0.140. The molecule has 1 aromatic carbocycles. The first-order chi connectivity index (χ1) is 8.19. The minimum absolute atomic E-state index is 0.000219. The van der Waals surface area contributed by atoms with Crippen LogP contribution in [0.3, 0.4) is 0 Å². The largest absolute Gasteiger partial charge is 0.481 e. The van der Waals surface area contributed by atoms with Crippen molar-refractivity contribution in [2.75, 3.05) is 0 Å². The molecule has 0 radical (unpaired) electrons. The summed E-state index contributed by atoms with van der Waals surface area (Å²) in [6, 6.07) is 9.22. The fourth-order valence-electron chi connectivity index (χ4n) is 1.85. The van der Waals surface area contributed by atoms with E-state index in [1.54, 1.807) is 12.1 Å². The number of hydroxylamine groups is 1. The molecule has 0 aliphatic carbocycles. The minimum atomic E-state index is -0.864. The zero-order valence-corrected chi connectivity index (χ0v) is 9.09. The fourth-order valence-corrected chi connectivity index (χ4v) is 1.85. The third-order valence-electron chi connectivity index (χ3n) is 2.72. The van der Waals surface area contributed by atoms with E-state index < -0.39 is 5.97 Å². The molecule has 17 heavy (non-hydrogen) atoms.